The maximum atomic E-state index is 12.4. The number of rotatable bonds is 4. The Labute approximate surface area is 125 Å². The summed E-state index contributed by atoms with van der Waals surface area (Å²) < 4.78 is 0. The van der Waals surface area contributed by atoms with E-state index >= 15 is 0 Å². The van der Waals surface area contributed by atoms with E-state index in [2.05, 4.69) is 5.32 Å². The van der Waals surface area contributed by atoms with Crippen molar-refractivity contribution >= 4 is 17.6 Å². The van der Waals surface area contributed by atoms with Gasteiger partial charge in [0.25, 0.3) is 0 Å². The van der Waals surface area contributed by atoms with E-state index < -0.39 is 0 Å². The minimum atomic E-state index is -0.346. The highest BCUT2D eigenvalue weighted by Crippen LogP contribution is 2.22. The van der Waals surface area contributed by atoms with Crippen molar-refractivity contribution in [3.8, 4) is 0 Å². The molecule has 1 aliphatic heterocycles. The average molecular weight is 290 g/mol. The van der Waals surface area contributed by atoms with Crippen LogP contribution in [0, 0.1) is 0 Å². The monoisotopic (exact) mass is 290 g/mol. The molecule has 1 N–H and O–H groups in total. The fourth-order valence-electron chi connectivity index (χ4n) is 2.59. The number of hydrogen-bond acceptors (Lipinski definition) is 4. The molecular formula is C16H22N2O3. The first-order valence-electron chi connectivity index (χ1n) is 7.48. The fraction of sp³-hybridized carbons (Fsp3) is 0.500. The molecule has 114 valence electrons. The summed E-state index contributed by atoms with van der Waals surface area (Å²) in [7, 11) is 0. The van der Waals surface area contributed by atoms with Crippen molar-refractivity contribution in [2.45, 2.75) is 39.5 Å². The predicted octanol–water partition coefficient (Wildman–Crippen LogP) is 2.77. The molecule has 0 aromatic heterocycles. The number of carbonyl (C=O) groups is 2. The maximum Gasteiger partial charge on any atom is 0.357 e. The maximum absolute atomic E-state index is 12.4. The van der Waals surface area contributed by atoms with Crippen molar-refractivity contribution in [1.29, 1.82) is 0 Å². The highest BCUT2D eigenvalue weighted by molar-refractivity contribution is 5.96. The molecule has 0 spiro atoms. The summed E-state index contributed by atoms with van der Waals surface area (Å²) in [5.41, 5.74) is 2.02. The van der Waals surface area contributed by atoms with E-state index in [9.17, 15) is 9.59 Å². The Kier molecular flexibility index (Phi) is 5.33. The molecule has 0 bridgehead atoms. The molecule has 1 heterocycles. The molecular weight excluding hydrogens is 268 g/mol. The first kappa shape index (κ1) is 15.5. The van der Waals surface area contributed by atoms with Crippen LogP contribution in [0.5, 0.6) is 0 Å². The number of hydrogen-bond donors (Lipinski definition) is 1. The van der Waals surface area contributed by atoms with Crippen LogP contribution in [-0.4, -0.2) is 30.0 Å². The third-order valence-corrected chi connectivity index (χ3v) is 3.59. The molecule has 0 radical (unpaired) electrons. The molecule has 21 heavy (non-hydrogen) atoms. The van der Waals surface area contributed by atoms with Gasteiger partial charge < -0.3 is 10.2 Å². The molecule has 1 saturated heterocycles. The number of hydroxylamine groups is 2. The van der Waals surface area contributed by atoms with Gasteiger partial charge in [-0.3, -0.25) is 4.79 Å². The third kappa shape index (κ3) is 4.04. The van der Waals surface area contributed by atoms with E-state index in [4.69, 9.17) is 4.84 Å². The van der Waals surface area contributed by atoms with Gasteiger partial charge in [-0.25, -0.2) is 4.79 Å². The lowest BCUT2D eigenvalue weighted by atomic mass is 10.0. The van der Waals surface area contributed by atoms with Gasteiger partial charge in [0.2, 0.25) is 5.91 Å². The van der Waals surface area contributed by atoms with E-state index in [1.165, 1.54) is 13.3 Å². The Balaban J connectivity index is 2.17. The lowest BCUT2D eigenvalue weighted by Gasteiger charge is -2.25. The first-order chi connectivity index (χ1) is 10.1. The van der Waals surface area contributed by atoms with Gasteiger partial charge in [-0.2, -0.15) is 0 Å². The normalized spacial score (nSPS) is 15.5. The molecule has 1 aromatic rings. The summed E-state index contributed by atoms with van der Waals surface area (Å²) in [5.74, 6) is -0.493. The summed E-state index contributed by atoms with van der Waals surface area (Å²) >= 11 is 0. The molecule has 1 fully saturated rings. The van der Waals surface area contributed by atoms with Crippen molar-refractivity contribution in [2.75, 3.05) is 18.4 Å². The topological polar surface area (TPSA) is 58.6 Å². The Morgan fingerprint density at radius 3 is 2.57 bits per heavy atom. The number of nitrogens with one attached hydrogen (secondary N) is 1. The van der Waals surface area contributed by atoms with Crippen LogP contribution >= 0.6 is 0 Å². The highest BCUT2D eigenvalue weighted by atomic mass is 16.7. The van der Waals surface area contributed by atoms with Crippen LogP contribution in [0.1, 0.15) is 49.0 Å². The van der Waals surface area contributed by atoms with Crippen LogP contribution in [0.3, 0.4) is 0 Å². The number of piperidine rings is 1. The van der Waals surface area contributed by atoms with E-state index in [0.717, 1.165) is 31.5 Å². The lowest BCUT2D eigenvalue weighted by molar-refractivity contribution is -0.119. The zero-order valence-electron chi connectivity index (χ0n) is 12.6. The molecule has 1 aromatic carbocycles. The molecule has 0 saturated carbocycles. The van der Waals surface area contributed by atoms with Crippen molar-refractivity contribution in [1.82, 2.24) is 5.06 Å². The Hall–Kier alpha value is -1.88. The van der Waals surface area contributed by atoms with Crippen LogP contribution in [0.15, 0.2) is 18.2 Å². The smallest absolute Gasteiger partial charge is 0.357 e. The van der Waals surface area contributed by atoms with Gasteiger partial charge in [0.05, 0.1) is 5.56 Å². The number of amides is 1. The zero-order chi connectivity index (χ0) is 15.2. The molecule has 2 rings (SSSR count). The molecule has 5 nitrogen and oxygen atoms in total. The quantitative estimate of drug-likeness (QED) is 0.926. The van der Waals surface area contributed by atoms with E-state index in [1.54, 1.807) is 23.3 Å². The van der Waals surface area contributed by atoms with Crippen LogP contribution in [0.4, 0.5) is 5.69 Å². The van der Waals surface area contributed by atoms with Crippen LogP contribution < -0.4 is 5.32 Å². The van der Waals surface area contributed by atoms with E-state index in [1.807, 2.05) is 6.92 Å². The second kappa shape index (κ2) is 7.22. The molecule has 0 unspecified atom stereocenters. The van der Waals surface area contributed by atoms with Crippen molar-refractivity contribution in [3.05, 3.63) is 29.3 Å². The number of nitrogens with zero attached hydrogens (tertiary/aromatic N) is 1. The van der Waals surface area contributed by atoms with Crippen LogP contribution in [0.2, 0.25) is 0 Å². The Morgan fingerprint density at radius 2 is 1.95 bits per heavy atom. The van der Waals surface area contributed by atoms with Gasteiger partial charge in [-0.1, -0.05) is 19.4 Å². The van der Waals surface area contributed by atoms with Crippen LogP contribution in [0.25, 0.3) is 0 Å². The SMILES string of the molecule is CCc1c(NC(C)=O)cccc1C(=O)ON1CCCCC1. The van der Waals surface area contributed by atoms with Gasteiger partial charge in [0.1, 0.15) is 0 Å². The minimum Gasteiger partial charge on any atom is -0.364 e. The molecule has 0 aliphatic carbocycles. The summed E-state index contributed by atoms with van der Waals surface area (Å²) in [4.78, 5) is 29.1. The number of benzene rings is 1. The minimum absolute atomic E-state index is 0.147. The lowest BCUT2D eigenvalue weighted by Crippen LogP contribution is -2.32. The zero-order valence-corrected chi connectivity index (χ0v) is 12.6. The second-order valence-corrected chi connectivity index (χ2v) is 5.23. The van der Waals surface area contributed by atoms with Crippen molar-refractivity contribution < 1.29 is 14.4 Å². The van der Waals surface area contributed by atoms with Gasteiger partial charge >= 0.3 is 5.97 Å². The summed E-state index contributed by atoms with van der Waals surface area (Å²) in [6, 6.07) is 5.31. The van der Waals surface area contributed by atoms with Gasteiger partial charge in [0, 0.05) is 25.7 Å². The van der Waals surface area contributed by atoms with E-state index in [0.29, 0.717) is 17.7 Å². The molecule has 1 aliphatic rings. The standard InChI is InChI=1S/C16H22N2O3/c1-3-13-14(8-7-9-15(13)17-12(2)19)16(20)21-18-10-5-4-6-11-18/h7-9H,3-6,10-11H2,1-2H3,(H,17,19). The van der Waals surface area contributed by atoms with Crippen molar-refractivity contribution in [2.24, 2.45) is 0 Å². The Morgan fingerprint density at radius 1 is 1.24 bits per heavy atom. The second-order valence-electron chi connectivity index (χ2n) is 5.23. The molecule has 0 atom stereocenters. The van der Waals surface area contributed by atoms with Crippen molar-refractivity contribution in [3.63, 3.8) is 0 Å². The first-order valence-corrected chi connectivity index (χ1v) is 7.48. The number of carbonyl (C=O) groups excluding carboxylic acids is 2. The Bertz CT molecular complexity index is 522. The van der Waals surface area contributed by atoms with Gasteiger partial charge in [0.15, 0.2) is 0 Å². The van der Waals surface area contributed by atoms with Gasteiger partial charge in [-0.15, -0.1) is 5.06 Å². The summed E-state index contributed by atoms with van der Waals surface area (Å²) in [6.45, 7) is 4.99. The number of anilines is 1. The molecule has 5 heteroatoms. The van der Waals surface area contributed by atoms with Gasteiger partial charge in [-0.05, 0) is 37.0 Å². The fourth-order valence-corrected chi connectivity index (χ4v) is 2.59. The summed E-state index contributed by atoms with van der Waals surface area (Å²) in [5, 5.41) is 4.50. The third-order valence-electron chi connectivity index (χ3n) is 3.59. The van der Waals surface area contributed by atoms with E-state index in [-0.39, 0.29) is 11.9 Å². The highest BCUT2D eigenvalue weighted by Gasteiger charge is 2.20. The summed E-state index contributed by atoms with van der Waals surface area (Å²) in [6.07, 6.45) is 3.95. The average Bonchev–Trinajstić information content (AvgIpc) is 2.47. The molecule has 1 amide bonds. The predicted molar refractivity (Wildman–Crippen MR) is 81.0 cm³/mol. The largest absolute Gasteiger partial charge is 0.364 e. The van der Waals surface area contributed by atoms with Crippen LogP contribution in [-0.2, 0) is 16.1 Å².